The van der Waals surface area contributed by atoms with Crippen molar-refractivity contribution >= 4 is 18.1 Å². The molecule has 0 unspecified atom stereocenters. The number of carboxylic acids is 1. The standard InChI is InChI=1S/C23H20O4/c1-26-22-13-7-11-20(23(24)25)19(22)15-14-18-10-5-6-12-21(18)27-16-17-8-3-2-4-9-17/h2-15H,16H2,1H3,(H,24,25). The Bertz CT molecular complexity index is 946. The zero-order valence-corrected chi connectivity index (χ0v) is 15.0. The van der Waals surface area contributed by atoms with Crippen LogP contribution in [0.4, 0.5) is 0 Å². The van der Waals surface area contributed by atoms with Crippen LogP contribution in [-0.2, 0) is 6.61 Å². The number of hydrogen-bond acceptors (Lipinski definition) is 3. The van der Waals surface area contributed by atoms with Crippen LogP contribution in [0.1, 0.15) is 27.0 Å². The third kappa shape index (κ3) is 4.55. The summed E-state index contributed by atoms with van der Waals surface area (Å²) in [5.41, 5.74) is 2.64. The fraction of sp³-hybridized carbons (Fsp3) is 0.0870. The Kier molecular flexibility index (Phi) is 5.90. The zero-order valence-electron chi connectivity index (χ0n) is 15.0. The molecule has 4 heteroatoms. The molecule has 0 aliphatic rings. The van der Waals surface area contributed by atoms with Gasteiger partial charge in [-0.15, -0.1) is 0 Å². The average molecular weight is 360 g/mol. The van der Waals surface area contributed by atoms with Gasteiger partial charge < -0.3 is 14.6 Å². The molecule has 1 N–H and O–H groups in total. The van der Waals surface area contributed by atoms with Gasteiger partial charge in [-0.1, -0.05) is 60.7 Å². The summed E-state index contributed by atoms with van der Waals surface area (Å²) in [6.45, 7) is 0.459. The molecular formula is C23H20O4. The van der Waals surface area contributed by atoms with Crippen LogP contribution in [-0.4, -0.2) is 18.2 Å². The van der Waals surface area contributed by atoms with E-state index in [-0.39, 0.29) is 5.56 Å². The van der Waals surface area contributed by atoms with Crippen molar-refractivity contribution in [1.82, 2.24) is 0 Å². The molecule has 0 fully saturated rings. The van der Waals surface area contributed by atoms with Gasteiger partial charge in [0.1, 0.15) is 18.1 Å². The second-order valence-corrected chi connectivity index (χ2v) is 5.87. The number of hydrogen-bond donors (Lipinski definition) is 1. The Morgan fingerprint density at radius 3 is 2.33 bits per heavy atom. The molecule has 0 saturated heterocycles. The monoisotopic (exact) mass is 360 g/mol. The molecule has 0 bridgehead atoms. The van der Waals surface area contributed by atoms with Crippen molar-refractivity contribution in [3.63, 3.8) is 0 Å². The molecule has 0 aromatic heterocycles. The molecule has 3 aromatic rings. The minimum Gasteiger partial charge on any atom is -0.496 e. The van der Waals surface area contributed by atoms with Gasteiger partial charge in [-0.25, -0.2) is 4.79 Å². The topological polar surface area (TPSA) is 55.8 Å². The van der Waals surface area contributed by atoms with Crippen molar-refractivity contribution in [1.29, 1.82) is 0 Å². The molecule has 0 heterocycles. The summed E-state index contributed by atoms with van der Waals surface area (Å²) in [6.07, 6.45) is 3.58. The minimum atomic E-state index is -0.998. The lowest BCUT2D eigenvalue weighted by molar-refractivity contribution is 0.0696. The summed E-state index contributed by atoms with van der Waals surface area (Å²) in [5.74, 6) is 0.236. The van der Waals surface area contributed by atoms with Crippen molar-refractivity contribution in [3.8, 4) is 11.5 Å². The Morgan fingerprint density at radius 1 is 0.889 bits per heavy atom. The SMILES string of the molecule is COc1cccc(C(=O)O)c1C=Cc1ccccc1OCc1ccccc1. The van der Waals surface area contributed by atoms with E-state index in [0.717, 1.165) is 16.9 Å². The summed E-state index contributed by atoms with van der Waals surface area (Å²) in [4.78, 5) is 11.5. The van der Waals surface area contributed by atoms with E-state index in [2.05, 4.69) is 0 Å². The second-order valence-electron chi connectivity index (χ2n) is 5.87. The lowest BCUT2D eigenvalue weighted by Crippen LogP contribution is -2.01. The van der Waals surface area contributed by atoms with Crippen molar-refractivity contribution < 1.29 is 19.4 Å². The minimum absolute atomic E-state index is 0.188. The highest BCUT2D eigenvalue weighted by Crippen LogP contribution is 2.27. The van der Waals surface area contributed by atoms with Crippen LogP contribution in [0.2, 0.25) is 0 Å². The van der Waals surface area contributed by atoms with Crippen LogP contribution in [0.25, 0.3) is 12.2 Å². The van der Waals surface area contributed by atoms with E-state index in [9.17, 15) is 9.90 Å². The lowest BCUT2D eigenvalue weighted by atomic mass is 10.0. The third-order valence-corrected chi connectivity index (χ3v) is 4.10. The highest BCUT2D eigenvalue weighted by Gasteiger charge is 2.12. The summed E-state index contributed by atoms with van der Waals surface area (Å²) < 4.78 is 11.3. The van der Waals surface area contributed by atoms with Crippen molar-refractivity contribution in [2.75, 3.05) is 7.11 Å². The van der Waals surface area contributed by atoms with Gasteiger partial charge >= 0.3 is 5.97 Å². The fourth-order valence-corrected chi connectivity index (χ4v) is 2.74. The van der Waals surface area contributed by atoms with E-state index in [1.165, 1.54) is 7.11 Å². The van der Waals surface area contributed by atoms with Crippen molar-refractivity contribution in [2.45, 2.75) is 6.61 Å². The summed E-state index contributed by atoms with van der Waals surface area (Å²) >= 11 is 0. The average Bonchev–Trinajstić information content (AvgIpc) is 2.71. The molecule has 0 aliphatic carbocycles. The van der Waals surface area contributed by atoms with E-state index in [1.807, 2.05) is 60.7 Å². The Balaban J connectivity index is 1.87. The summed E-state index contributed by atoms with van der Waals surface area (Å²) in [5, 5.41) is 9.43. The van der Waals surface area contributed by atoms with Crippen LogP contribution in [0.3, 0.4) is 0 Å². The summed E-state index contributed by atoms with van der Waals surface area (Å²) in [6, 6.07) is 22.5. The summed E-state index contributed by atoms with van der Waals surface area (Å²) in [7, 11) is 1.52. The van der Waals surface area contributed by atoms with Crippen LogP contribution in [0, 0.1) is 0 Å². The zero-order chi connectivity index (χ0) is 19.1. The third-order valence-electron chi connectivity index (χ3n) is 4.10. The number of methoxy groups -OCH3 is 1. The number of rotatable bonds is 7. The molecule has 0 radical (unpaired) electrons. The second kappa shape index (κ2) is 8.72. The van der Waals surface area contributed by atoms with E-state index < -0.39 is 5.97 Å². The Morgan fingerprint density at radius 2 is 1.59 bits per heavy atom. The van der Waals surface area contributed by atoms with E-state index in [0.29, 0.717) is 17.9 Å². The lowest BCUT2D eigenvalue weighted by Gasteiger charge is -2.10. The quantitative estimate of drug-likeness (QED) is 0.593. The van der Waals surface area contributed by atoms with E-state index >= 15 is 0 Å². The maximum Gasteiger partial charge on any atom is 0.336 e. The maximum atomic E-state index is 11.5. The fourth-order valence-electron chi connectivity index (χ4n) is 2.74. The van der Waals surface area contributed by atoms with Gasteiger partial charge in [-0.2, -0.15) is 0 Å². The van der Waals surface area contributed by atoms with Gasteiger partial charge in [0, 0.05) is 11.1 Å². The van der Waals surface area contributed by atoms with Gasteiger partial charge in [0.15, 0.2) is 0 Å². The highest BCUT2D eigenvalue weighted by molar-refractivity contribution is 5.95. The van der Waals surface area contributed by atoms with Crippen molar-refractivity contribution in [2.24, 2.45) is 0 Å². The van der Waals surface area contributed by atoms with Gasteiger partial charge in [0.25, 0.3) is 0 Å². The molecule has 4 nitrogen and oxygen atoms in total. The number of para-hydroxylation sites is 1. The van der Waals surface area contributed by atoms with Gasteiger partial charge in [-0.05, 0) is 29.8 Å². The van der Waals surface area contributed by atoms with Gasteiger partial charge in [0.2, 0.25) is 0 Å². The molecule has 3 aromatic carbocycles. The molecule has 3 rings (SSSR count). The predicted octanol–water partition coefficient (Wildman–Crippen LogP) is 5.14. The Hall–Kier alpha value is -3.53. The first-order valence-electron chi connectivity index (χ1n) is 8.53. The molecule has 0 spiro atoms. The largest absolute Gasteiger partial charge is 0.496 e. The number of carboxylic acid groups (broad SMARTS) is 1. The predicted molar refractivity (Wildman–Crippen MR) is 106 cm³/mol. The van der Waals surface area contributed by atoms with Gasteiger partial charge in [-0.3, -0.25) is 0 Å². The van der Waals surface area contributed by atoms with Crippen LogP contribution in [0.15, 0.2) is 72.8 Å². The Labute approximate surface area is 158 Å². The maximum absolute atomic E-state index is 11.5. The normalized spacial score (nSPS) is 10.7. The van der Waals surface area contributed by atoms with Crippen LogP contribution < -0.4 is 9.47 Å². The number of benzene rings is 3. The number of aromatic carboxylic acids is 1. The first kappa shape index (κ1) is 18.3. The van der Waals surface area contributed by atoms with Crippen LogP contribution in [0.5, 0.6) is 11.5 Å². The van der Waals surface area contributed by atoms with Gasteiger partial charge in [0.05, 0.1) is 12.7 Å². The molecule has 0 atom stereocenters. The molecule has 0 amide bonds. The molecule has 136 valence electrons. The first-order valence-corrected chi connectivity index (χ1v) is 8.53. The molecule has 27 heavy (non-hydrogen) atoms. The smallest absolute Gasteiger partial charge is 0.336 e. The molecule has 0 saturated carbocycles. The molecular weight excluding hydrogens is 340 g/mol. The molecule has 0 aliphatic heterocycles. The van der Waals surface area contributed by atoms with E-state index in [4.69, 9.17) is 9.47 Å². The first-order chi connectivity index (χ1) is 13.2. The highest BCUT2D eigenvalue weighted by atomic mass is 16.5. The van der Waals surface area contributed by atoms with E-state index in [1.54, 1.807) is 24.3 Å². The number of ether oxygens (including phenoxy) is 2. The van der Waals surface area contributed by atoms with Crippen molar-refractivity contribution in [3.05, 3.63) is 95.1 Å². The van der Waals surface area contributed by atoms with Crippen LogP contribution >= 0.6 is 0 Å². The number of carbonyl (C=O) groups is 1.